The number of aliphatic carboxylic acids is 1. The van der Waals surface area contributed by atoms with Crippen LogP contribution < -0.4 is 69.3 Å². The Kier molecular flexibility index (Phi) is 10.7. The van der Waals surface area contributed by atoms with Crippen molar-refractivity contribution in [3.05, 3.63) is 91.5 Å². The zero-order chi connectivity index (χ0) is 23.0. The predicted octanol–water partition coefficient (Wildman–Crippen LogP) is -2.91. The van der Waals surface area contributed by atoms with Gasteiger partial charge in [-0.1, -0.05) is 46.6 Å². The summed E-state index contributed by atoms with van der Waals surface area (Å²) >= 11 is 12.8. The third kappa shape index (κ3) is 6.02. The molecule has 0 unspecified atom stereocenters. The molecule has 0 saturated heterocycles. The second kappa shape index (κ2) is 11.9. The Morgan fingerprint density at radius 2 is 1.58 bits per heavy atom. The molecule has 0 bridgehead atoms. The molecule has 0 aromatic heterocycles. The zero-order valence-corrected chi connectivity index (χ0v) is 23.8. The van der Waals surface area contributed by atoms with Crippen LogP contribution in [0.3, 0.4) is 0 Å². The van der Waals surface area contributed by atoms with Crippen LogP contribution in [0.5, 0.6) is 5.75 Å². The van der Waals surface area contributed by atoms with E-state index in [1.165, 1.54) is 32.1 Å². The van der Waals surface area contributed by atoms with Gasteiger partial charge in [-0.2, -0.15) is 0 Å². The van der Waals surface area contributed by atoms with E-state index in [-0.39, 0.29) is 97.0 Å². The van der Waals surface area contributed by atoms with Gasteiger partial charge in [-0.25, -0.2) is 4.79 Å². The third-order valence-corrected chi connectivity index (χ3v) is 5.42. The van der Waals surface area contributed by atoms with Crippen LogP contribution in [0, 0.1) is 6.92 Å². The standard InChI is InChI=1S/C23H16Cl2O6.2Na/c1-10-6-12(8-14(20(10)26)22(28)29)18(19-16(24)4-3-5-17(19)25)13-7-11(2)21(27)15(9-13)23(30)31;;/h3-9,26H,1-2H3,(H,28,29)(H,30,31);;/q;2*+1/p-2. The minimum atomic E-state index is -1.66. The molecule has 3 rings (SSSR count). The molecular weight excluding hydrogens is 489 g/mol. The fraction of sp³-hybridized carbons (Fsp3) is 0.0870. The number of carbonyl (C=O) groups is 3. The number of hydrogen-bond donors (Lipinski definition) is 1. The summed E-state index contributed by atoms with van der Waals surface area (Å²) in [5.41, 5.74) is 0.349. The van der Waals surface area contributed by atoms with E-state index in [0.717, 1.165) is 6.07 Å². The van der Waals surface area contributed by atoms with Crippen LogP contribution in [0.2, 0.25) is 10.0 Å². The fourth-order valence-electron chi connectivity index (χ4n) is 3.34. The molecule has 0 atom stereocenters. The van der Waals surface area contributed by atoms with Crippen molar-refractivity contribution in [1.29, 1.82) is 0 Å². The van der Waals surface area contributed by atoms with Gasteiger partial charge in [0.1, 0.15) is 5.57 Å². The van der Waals surface area contributed by atoms with E-state index in [1.807, 2.05) is 0 Å². The van der Waals surface area contributed by atoms with Crippen molar-refractivity contribution < 1.29 is 88.8 Å². The van der Waals surface area contributed by atoms with E-state index in [0.29, 0.717) is 5.56 Å². The number of carbonyl (C=O) groups excluding carboxylic acids is 2. The van der Waals surface area contributed by atoms with Crippen LogP contribution in [-0.2, 0) is 9.59 Å². The number of benzene rings is 2. The zero-order valence-electron chi connectivity index (χ0n) is 18.3. The molecule has 0 saturated carbocycles. The van der Waals surface area contributed by atoms with Crippen LogP contribution in [0.15, 0.2) is 59.2 Å². The van der Waals surface area contributed by atoms with E-state index >= 15 is 0 Å². The van der Waals surface area contributed by atoms with Gasteiger partial charge in [-0.05, 0) is 72.0 Å². The smallest absolute Gasteiger partial charge is 0.872 e. The molecule has 1 aliphatic carbocycles. The first-order chi connectivity index (χ1) is 14.5. The topological polar surface area (TPSA) is 118 Å². The average Bonchev–Trinajstić information content (AvgIpc) is 2.68. The Morgan fingerprint density at radius 3 is 2.09 bits per heavy atom. The summed E-state index contributed by atoms with van der Waals surface area (Å²) in [6, 6.07) is 7.30. The molecule has 0 amide bonds. The molecule has 0 radical (unpaired) electrons. The second-order valence-corrected chi connectivity index (χ2v) is 7.72. The molecule has 2 aromatic carbocycles. The minimum absolute atomic E-state index is 0. The van der Waals surface area contributed by atoms with Crippen LogP contribution in [0.1, 0.15) is 34.0 Å². The van der Waals surface area contributed by atoms with Crippen LogP contribution in [0.25, 0.3) is 5.57 Å². The molecule has 2 aromatic rings. The van der Waals surface area contributed by atoms with E-state index < -0.39 is 34.6 Å². The molecule has 10 heteroatoms. The number of halogens is 2. The number of carboxylic acids is 2. The normalized spacial score (nSPS) is 14.4. The van der Waals surface area contributed by atoms with E-state index in [2.05, 4.69) is 0 Å². The van der Waals surface area contributed by atoms with E-state index in [9.17, 15) is 29.7 Å². The van der Waals surface area contributed by atoms with E-state index in [4.69, 9.17) is 23.2 Å². The van der Waals surface area contributed by atoms with Crippen molar-refractivity contribution in [3.63, 3.8) is 0 Å². The van der Waals surface area contributed by atoms with Gasteiger partial charge in [0, 0.05) is 15.6 Å². The summed E-state index contributed by atoms with van der Waals surface area (Å²) in [6.45, 7) is 2.90. The number of allylic oxidation sites excluding steroid dienone is 4. The van der Waals surface area contributed by atoms with Crippen molar-refractivity contribution in [1.82, 2.24) is 0 Å². The van der Waals surface area contributed by atoms with Crippen molar-refractivity contribution in [2.75, 3.05) is 0 Å². The van der Waals surface area contributed by atoms with Gasteiger partial charge >= 0.3 is 65.1 Å². The maximum absolute atomic E-state index is 12.3. The quantitative estimate of drug-likeness (QED) is 0.353. The molecular formula is C23H14Cl2Na2O6. The largest absolute Gasteiger partial charge is 1.00 e. The Hall–Kier alpha value is -1.35. The monoisotopic (exact) mass is 502 g/mol. The molecule has 33 heavy (non-hydrogen) atoms. The summed E-state index contributed by atoms with van der Waals surface area (Å²) in [7, 11) is 0. The number of aromatic carboxylic acids is 1. The summed E-state index contributed by atoms with van der Waals surface area (Å²) in [6.07, 6.45) is 2.63. The molecule has 0 spiro atoms. The number of carboxylic acid groups (broad SMARTS) is 2. The minimum Gasteiger partial charge on any atom is -0.872 e. The summed E-state index contributed by atoms with van der Waals surface area (Å²) in [5.74, 6) is -4.43. The number of Topliss-reactive ketones (excluding diaryl/α,β-unsaturated/α-hetero) is 1. The Labute approximate surface area is 244 Å². The van der Waals surface area contributed by atoms with E-state index in [1.54, 1.807) is 18.2 Å². The summed E-state index contributed by atoms with van der Waals surface area (Å²) in [5, 5.41) is 33.6. The first-order valence-corrected chi connectivity index (χ1v) is 9.68. The number of aryl methyl sites for hydroxylation is 1. The molecule has 1 aliphatic rings. The molecule has 0 heterocycles. The SMILES string of the molecule is CC1=CC(=C(c2cc(C)c([O-])c(C(=O)[O-])c2)c2c(Cl)cccc2Cl)C=C(C(=O)O)C1=O.[Na+].[Na+]. The first kappa shape index (κ1) is 29.7. The van der Waals surface area contributed by atoms with Crippen molar-refractivity contribution in [3.8, 4) is 5.75 Å². The molecule has 158 valence electrons. The van der Waals surface area contributed by atoms with Crippen molar-refractivity contribution >= 4 is 46.5 Å². The average molecular weight is 503 g/mol. The maximum atomic E-state index is 12.3. The fourth-order valence-corrected chi connectivity index (χ4v) is 3.93. The summed E-state index contributed by atoms with van der Waals surface area (Å²) < 4.78 is 0. The van der Waals surface area contributed by atoms with Crippen molar-refractivity contribution in [2.24, 2.45) is 0 Å². The number of hydrogen-bond acceptors (Lipinski definition) is 5. The van der Waals surface area contributed by atoms with Gasteiger partial charge in [-0.15, -0.1) is 0 Å². The van der Waals surface area contributed by atoms with Gasteiger partial charge in [0.05, 0.1) is 5.97 Å². The third-order valence-electron chi connectivity index (χ3n) is 4.79. The van der Waals surface area contributed by atoms with Gasteiger partial charge in [-0.3, -0.25) is 4.79 Å². The first-order valence-electron chi connectivity index (χ1n) is 8.93. The summed E-state index contributed by atoms with van der Waals surface area (Å²) in [4.78, 5) is 35.4. The van der Waals surface area contributed by atoms with Gasteiger partial charge in [0.15, 0.2) is 5.78 Å². The second-order valence-electron chi connectivity index (χ2n) is 6.90. The Morgan fingerprint density at radius 1 is 1.00 bits per heavy atom. The number of rotatable bonds is 4. The Balaban J connectivity index is 0.00000272. The van der Waals surface area contributed by atoms with Crippen LogP contribution in [-0.4, -0.2) is 22.8 Å². The van der Waals surface area contributed by atoms with Gasteiger partial charge in [0.25, 0.3) is 0 Å². The van der Waals surface area contributed by atoms with Gasteiger partial charge in [0.2, 0.25) is 0 Å². The molecule has 6 nitrogen and oxygen atoms in total. The van der Waals surface area contributed by atoms with Crippen LogP contribution >= 0.6 is 23.2 Å². The molecule has 0 fully saturated rings. The number of ketones is 1. The van der Waals surface area contributed by atoms with Crippen molar-refractivity contribution in [2.45, 2.75) is 13.8 Å². The Bertz CT molecular complexity index is 1240. The van der Waals surface area contributed by atoms with Gasteiger partial charge < -0.3 is 20.1 Å². The molecule has 1 N–H and O–H groups in total. The molecule has 0 aliphatic heterocycles. The van der Waals surface area contributed by atoms with Crippen LogP contribution in [0.4, 0.5) is 0 Å². The maximum Gasteiger partial charge on any atom is 1.00 e. The predicted molar refractivity (Wildman–Crippen MR) is 112 cm³/mol.